The van der Waals surface area contributed by atoms with Crippen molar-refractivity contribution in [1.82, 2.24) is 4.31 Å². The summed E-state index contributed by atoms with van der Waals surface area (Å²) in [6.45, 7) is 9.54. The van der Waals surface area contributed by atoms with Gasteiger partial charge in [-0.1, -0.05) is 67.7 Å². The Bertz CT molecular complexity index is 905. The third-order valence-corrected chi connectivity index (χ3v) is 7.07. The van der Waals surface area contributed by atoms with E-state index in [9.17, 15) is 8.42 Å². The van der Waals surface area contributed by atoms with Crippen LogP contribution in [0.25, 0.3) is 0 Å². The predicted molar refractivity (Wildman–Crippen MR) is 120 cm³/mol. The van der Waals surface area contributed by atoms with E-state index in [1.54, 1.807) is 16.4 Å². The van der Waals surface area contributed by atoms with Crippen molar-refractivity contribution in [2.75, 3.05) is 6.54 Å². The maximum atomic E-state index is 13.2. The number of nitrogens with zero attached hydrogens (tertiary/aromatic N) is 1. The molecule has 0 radical (unpaired) electrons. The largest absolute Gasteiger partial charge is 0.243 e. The van der Waals surface area contributed by atoms with Crippen molar-refractivity contribution in [2.45, 2.75) is 57.3 Å². The molecule has 0 atom stereocenters. The molecular formula is C23H31NO2SSi. The number of sulfonamides is 1. The predicted octanol–water partition coefficient (Wildman–Crippen LogP) is 5.24. The van der Waals surface area contributed by atoms with Crippen molar-refractivity contribution in [3.05, 3.63) is 65.7 Å². The van der Waals surface area contributed by atoms with Crippen LogP contribution in [0.4, 0.5) is 0 Å². The minimum Gasteiger partial charge on any atom is -0.207 e. The van der Waals surface area contributed by atoms with E-state index in [0.717, 1.165) is 30.4 Å². The van der Waals surface area contributed by atoms with Gasteiger partial charge in [0.05, 0.1) is 4.90 Å². The second kappa shape index (κ2) is 10.1. The maximum absolute atomic E-state index is 13.2. The topological polar surface area (TPSA) is 37.4 Å². The average Bonchev–Trinajstić information content (AvgIpc) is 2.64. The van der Waals surface area contributed by atoms with Crippen molar-refractivity contribution in [3.8, 4) is 11.5 Å². The first-order valence-electron chi connectivity index (χ1n) is 9.79. The van der Waals surface area contributed by atoms with Gasteiger partial charge in [0.1, 0.15) is 8.07 Å². The van der Waals surface area contributed by atoms with E-state index in [4.69, 9.17) is 0 Å². The van der Waals surface area contributed by atoms with Crippen molar-refractivity contribution in [2.24, 2.45) is 0 Å². The van der Waals surface area contributed by atoms with Gasteiger partial charge in [-0.15, -0.1) is 11.5 Å². The lowest BCUT2D eigenvalue weighted by Gasteiger charge is -2.22. The lowest BCUT2D eigenvalue weighted by molar-refractivity contribution is 0.396. The molecule has 28 heavy (non-hydrogen) atoms. The zero-order valence-corrected chi connectivity index (χ0v) is 19.2. The summed E-state index contributed by atoms with van der Waals surface area (Å²) in [6, 6.07) is 16.9. The van der Waals surface area contributed by atoms with E-state index in [0.29, 0.717) is 18.0 Å². The Morgan fingerprint density at radius 1 is 0.929 bits per heavy atom. The Balaban J connectivity index is 2.10. The first-order chi connectivity index (χ1) is 13.2. The maximum Gasteiger partial charge on any atom is 0.243 e. The van der Waals surface area contributed by atoms with Gasteiger partial charge in [-0.2, -0.15) is 4.31 Å². The molecule has 0 aliphatic carbocycles. The van der Waals surface area contributed by atoms with E-state index < -0.39 is 18.1 Å². The van der Waals surface area contributed by atoms with E-state index in [1.165, 1.54) is 0 Å². The summed E-state index contributed by atoms with van der Waals surface area (Å²) in [5, 5.41) is 0. The van der Waals surface area contributed by atoms with Crippen LogP contribution in [0.1, 0.15) is 30.4 Å². The first kappa shape index (κ1) is 22.4. The Hall–Kier alpha value is -1.87. The summed E-state index contributed by atoms with van der Waals surface area (Å²) < 4.78 is 28.0. The average molecular weight is 414 g/mol. The molecule has 5 heteroatoms. The quantitative estimate of drug-likeness (QED) is 0.337. The highest BCUT2D eigenvalue weighted by atomic mass is 32.2. The Kier molecular flexibility index (Phi) is 8.06. The molecule has 2 aromatic rings. The third kappa shape index (κ3) is 7.27. The van der Waals surface area contributed by atoms with Crippen LogP contribution in [-0.2, 0) is 16.6 Å². The molecule has 0 aliphatic rings. The fourth-order valence-corrected chi connectivity index (χ4v) is 4.88. The molecule has 0 bridgehead atoms. The SMILES string of the molecule is Cc1ccc(S(=O)(=O)N(CCCCC#C[Si](C)(C)C)Cc2ccccc2)cc1. The van der Waals surface area contributed by atoms with Crippen LogP contribution in [0.5, 0.6) is 0 Å². The third-order valence-electron chi connectivity index (χ3n) is 4.28. The number of hydrogen-bond donors (Lipinski definition) is 0. The monoisotopic (exact) mass is 413 g/mol. The van der Waals surface area contributed by atoms with E-state index in [1.807, 2.05) is 49.4 Å². The van der Waals surface area contributed by atoms with Crippen molar-refractivity contribution < 1.29 is 8.42 Å². The van der Waals surface area contributed by atoms with Crippen LogP contribution >= 0.6 is 0 Å². The van der Waals surface area contributed by atoms with Gasteiger partial charge >= 0.3 is 0 Å². The highest BCUT2D eigenvalue weighted by Gasteiger charge is 2.24. The number of aryl methyl sites for hydroxylation is 1. The zero-order valence-electron chi connectivity index (χ0n) is 17.4. The zero-order chi connectivity index (χ0) is 20.6. The summed E-state index contributed by atoms with van der Waals surface area (Å²) in [4.78, 5) is 0.354. The molecule has 0 N–H and O–H groups in total. The second-order valence-corrected chi connectivity index (χ2v) is 14.8. The highest BCUT2D eigenvalue weighted by molar-refractivity contribution is 7.89. The van der Waals surface area contributed by atoms with Crippen LogP contribution in [0, 0.1) is 18.4 Å². The molecule has 2 aromatic carbocycles. The van der Waals surface area contributed by atoms with E-state index in [-0.39, 0.29) is 0 Å². The van der Waals surface area contributed by atoms with Crippen molar-refractivity contribution >= 4 is 18.1 Å². The number of rotatable bonds is 8. The lowest BCUT2D eigenvalue weighted by Crippen LogP contribution is -2.31. The Morgan fingerprint density at radius 3 is 2.18 bits per heavy atom. The molecule has 0 amide bonds. The summed E-state index contributed by atoms with van der Waals surface area (Å²) >= 11 is 0. The van der Waals surface area contributed by atoms with Crippen LogP contribution in [-0.4, -0.2) is 27.3 Å². The van der Waals surface area contributed by atoms with Crippen molar-refractivity contribution in [3.63, 3.8) is 0 Å². The van der Waals surface area contributed by atoms with Crippen LogP contribution in [0.2, 0.25) is 19.6 Å². The van der Waals surface area contributed by atoms with Gasteiger partial charge in [-0.05, 0) is 37.5 Å². The van der Waals surface area contributed by atoms with Gasteiger partial charge in [-0.25, -0.2) is 8.42 Å². The van der Waals surface area contributed by atoms with Gasteiger partial charge in [0.2, 0.25) is 10.0 Å². The van der Waals surface area contributed by atoms with Gasteiger partial charge in [0.25, 0.3) is 0 Å². The van der Waals surface area contributed by atoms with E-state index >= 15 is 0 Å². The molecular weight excluding hydrogens is 382 g/mol. The minimum atomic E-state index is -3.53. The molecule has 150 valence electrons. The molecule has 0 aliphatic heterocycles. The smallest absolute Gasteiger partial charge is 0.207 e. The summed E-state index contributed by atoms with van der Waals surface area (Å²) in [6.07, 6.45) is 2.54. The number of hydrogen-bond acceptors (Lipinski definition) is 2. The minimum absolute atomic E-state index is 0.354. The highest BCUT2D eigenvalue weighted by Crippen LogP contribution is 2.20. The normalized spacial score (nSPS) is 11.9. The number of unbranched alkanes of at least 4 members (excludes halogenated alkanes) is 2. The molecule has 0 unspecified atom stereocenters. The van der Waals surface area contributed by atoms with Crippen molar-refractivity contribution in [1.29, 1.82) is 0 Å². The fourth-order valence-electron chi connectivity index (χ4n) is 2.76. The first-order valence-corrected chi connectivity index (χ1v) is 14.7. The molecule has 3 nitrogen and oxygen atoms in total. The molecule has 0 saturated carbocycles. The molecule has 2 rings (SSSR count). The van der Waals surface area contributed by atoms with Gasteiger partial charge in [0, 0.05) is 19.5 Å². The second-order valence-electron chi connectivity index (χ2n) is 8.15. The summed E-state index contributed by atoms with van der Waals surface area (Å²) in [7, 11) is -4.86. The fraction of sp³-hybridized carbons (Fsp3) is 0.391. The molecule has 0 heterocycles. The van der Waals surface area contributed by atoms with Crippen LogP contribution in [0.15, 0.2) is 59.5 Å². The Labute approximate surface area is 171 Å². The molecule has 0 spiro atoms. The van der Waals surface area contributed by atoms with Crippen LogP contribution in [0.3, 0.4) is 0 Å². The molecule has 0 aromatic heterocycles. The van der Waals surface area contributed by atoms with Gasteiger partial charge < -0.3 is 0 Å². The molecule has 0 saturated heterocycles. The van der Waals surface area contributed by atoms with Gasteiger partial charge in [-0.3, -0.25) is 0 Å². The summed E-state index contributed by atoms with van der Waals surface area (Å²) in [5.74, 6) is 3.27. The van der Waals surface area contributed by atoms with Crippen LogP contribution < -0.4 is 0 Å². The standard InChI is InChI=1S/C23H31NO2SSi/c1-21-14-16-23(17-15-21)27(25,26)24(20-22-12-8-7-9-13-22)18-10-5-6-11-19-28(2,3)4/h7-9,12-17H,5-6,10,18,20H2,1-4H3. The Morgan fingerprint density at radius 2 is 1.57 bits per heavy atom. The van der Waals surface area contributed by atoms with E-state index in [2.05, 4.69) is 31.1 Å². The van der Waals surface area contributed by atoms with Gasteiger partial charge in [0.15, 0.2) is 0 Å². The summed E-state index contributed by atoms with van der Waals surface area (Å²) in [5.41, 5.74) is 5.42. The number of benzene rings is 2. The lowest BCUT2D eigenvalue weighted by atomic mass is 10.2. The molecule has 0 fully saturated rings.